The average molecular weight is 573 g/mol. The predicted octanol–water partition coefficient (Wildman–Crippen LogP) is 0.260. The largest absolute Gasteiger partial charge is 4.00 e. The molecule has 1 amide bonds. The number of amides is 1. The van der Waals surface area contributed by atoms with Gasteiger partial charge in [-0.1, -0.05) is 62.8 Å². The second-order valence-corrected chi connectivity index (χ2v) is 6.35. The van der Waals surface area contributed by atoms with Crippen molar-refractivity contribution in [1.82, 2.24) is 0 Å². The van der Waals surface area contributed by atoms with E-state index in [4.69, 9.17) is 5.73 Å². The van der Waals surface area contributed by atoms with Gasteiger partial charge in [0.1, 0.15) is 0 Å². The Bertz CT molecular complexity index is 683. The SMILES string of the molecule is CCCCC([NH-])=O.C[Si]C.[Cl-].[Cl-].[Hf+4].c1ccc2c(c1)[cH-]c1ccccc12. The minimum atomic E-state index is -0.443. The maximum Gasteiger partial charge on any atom is 4.00 e. The molecule has 0 saturated heterocycles. The zero-order chi connectivity index (χ0) is 17.1. The molecular weight excluding hydrogens is 548 g/mol. The van der Waals surface area contributed by atoms with Crippen molar-refractivity contribution in [2.24, 2.45) is 0 Å². The third-order valence-corrected chi connectivity index (χ3v) is 3.28. The fourth-order valence-corrected chi connectivity index (χ4v) is 2.24. The summed E-state index contributed by atoms with van der Waals surface area (Å²) >= 11 is 0. The summed E-state index contributed by atoms with van der Waals surface area (Å²) in [5.74, 6) is -0.443. The summed E-state index contributed by atoms with van der Waals surface area (Å²) in [6.45, 7) is 6.31. The van der Waals surface area contributed by atoms with Crippen LogP contribution in [0.2, 0.25) is 13.1 Å². The van der Waals surface area contributed by atoms with E-state index in [1.54, 1.807) is 0 Å². The van der Waals surface area contributed by atoms with Crippen molar-refractivity contribution in [2.45, 2.75) is 39.3 Å². The minimum absolute atomic E-state index is 0. The maximum atomic E-state index is 9.87. The number of unbranched alkanes of at least 4 members (excludes halogenated alkanes) is 1. The number of carbonyl (C=O) groups excluding carboxylic acids is 1. The van der Waals surface area contributed by atoms with Crippen molar-refractivity contribution >= 4 is 37.0 Å². The summed E-state index contributed by atoms with van der Waals surface area (Å²) in [7, 11) is 1.08. The Labute approximate surface area is 191 Å². The van der Waals surface area contributed by atoms with Gasteiger partial charge in [0.25, 0.3) is 0 Å². The first-order chi connectivity index (χ1) is 11.1. The van der Waals surface area contributed by atoms with Crippen LogP contribution >= 0.6 is 0 Å². The van der Waals surface area contributed by atoms with Gasteiger partial charge in [-0.25, -0.2) is 0 Å². The van der Waals surface area contributed by atoms with Gasteiger partial charge < -0.3 is 35.3 Å². The van der Waals surface area contributed by atoms with E-state index < -0.39 is 5.91 Å². The summed E-state index contributed by atoms with van der Waals surface area (Å²) in [4.78, 5) is 9.87. The second kappa shape index (κ2) is 17.8. The Balaban J connectivity index is -0.000000358. The third kappa shape index (κ3) is 10.6. The Morgan fingerprint density at radius 3 is 1.65 bits per heavy atom. The van der Waals surface area contributed by atoms with Crippen LogP contribution in [0.25, 0.3) is 27.3 Å². The molecule has 0 aromatic heterocycles. The topological polar surface area (TPSA) is 40.9 Å². The van der Waals surface area contributed by atoms with Gasteiger partial charge in [-0.05, 0) is 12.8 Å². The number of rotatable bonds is 3. The molecule has 0 aliphatic heterocycles. The third-order valence-electron chi connectivity index (χ3n) is 3.28. The standard InChI is InChI=1S/C13H9.C5H11NO.C2H6Si.2ClH.Hf/c1-3-7-12-10(5-1)9-11-6-2-4-8-13(11)12;1-2-3-4-5(6)7;1-3-2;;;/h1-9H;2-4H2,1H3,(H2,6,7);1-2H3;2*1H;/q-1;;;;;+4/p-3. The molecule has 3 rings (SSSR count). The number of hydrogen-bond acceptors (Lipinski definition) is 1. The van der Waals surface area contributed by atoms with Crippen molar-refractivity contribution in [3.63, 3.8) is 0 Å². The monoisotopic (exact) mass is 573 g/mol. The van der Waals surface area contributed by atoms with E-state index in [1.165, 1.54) is 21.5 Å². The molecule has 6 heteroatoms. The molecule has 0 spiro atoms. The molecule has 1 N–H and O–H groups in total. The number of hydrogen-bond donors (Lipinski definition) is 0. The molecule has 3 aromatic rings. The number of fused-ring (bicyclic) bond motifs is 3. The minimum Gasteiger partial charge on any atom is -1.00 e. The molecule has 3 aromatic carbocycles. The molecule has 26 heavy (non-hydrogen) atoms. The Morgan fingerprint density at radius 2 is 1.35 bits per heavy atom. The Kier molecular flexibility index (Phi) is 20.7. The number of benzene rings is 2. The fraction of sp³-hybridized carbons (Fsp3) is 0.300. The summed E-state index contributed by atoms with van der Waals surface area (Å²) in [5, 5.41) is 5.39. The number of carbonyl (C=O) groups is 1. The smallest absolute Gasteiger partial charge is 1.00 e. The molecule has 2 radical (unpaired) electrons. The molecule has 0 saturated carbocycles. The number of nitrogens with one attached hydrogen (secondary N) is 1. The van der Waals surface area contributed by atoms with Gasteiger partial charge in [-0.3, -0.25) is 0 Å². The van der Waals surface area contributed by atoms with Crippen molar-refractivity contribution in [3.8, 4) is 0 Å². The Morgan fingerprint density at radius 1 is 0.962 bits per heavy atom. The zero-order valence-electron chi connectivity index (χ0n) is 15.5. The fourth-order valence-electron chi connectivity index (χ4n) is 2.24. The predicted molar refractivity (Wildman–Crippen MR) is 103 cm³/mol. The molecule has 0 bridgehead atoms. The molecule has 0 atom stereocenters. The van der Waals surface area contributed by atoms with E-state index in [2.05, 4.69) is 67.7 Å². The van der Waals surface area contributed by atoms with Crippen LogP contribution in [-0.4, -0.2) is 15.4 Å². The van der Waals surface area contributed by atoms with E-state index >= 15 is 0 Å². The first kappa shape index (κ1) is 30.2. The van der Waals surface area contributed by atoms with Gasteiger partial charge in [0.15, 0.2) is 0 Å². The average Bonchev–Trinajstić information content (AvgIpc) is 2.93. The first-order valence-electron chi connectivity index (χ1n) is 8.00. The summed E-state index contributed by atoms with van der Waals surface area (Å²) < 4.78 is 0. The van der Waals surface area contributed by atoms with Crippen molar-refractivity contribution in [3.05, 3.63) is 60.3 Å². The number of halogens is 2. The van der Waals surface area contributed by atoms with Crippen molar-refractivity contribution in [2.75, 3.05) is 0 Å². The van der Waals surface area contributed by atoms with Gasteiger partial charge in [0.05, 0.1) is 0 Å². The van der Waals surface area contributed by atoms with Crippen LogP contribution in [0, 0.1) is 0 Å². The quantitative estimate of drug-likeness (QED) is 0.328. The second-order valence-electron chi connectivity index (χ2n) is 5.35. The van der Waals surface area contributed by atoms with Gasteiger partial charge in [-0.15, -0.1) is 39.7 Å². The van der Waals surface area contributed by atoms with Gasteiger partial charge >= 0.3 is 25.8 Å². The maximum absolute atomic E-state index is 9.87. The molecule has 0 aliphatic carbocycles. The van der Waals surface area contributed by atoms with E-state index in [-0.39, 0.29) is 50.7 Å². The summed E-state index contributed by atoms with van der Waals surface area (Å²) in [6.07, 6.45) is 2.30. The van der Waals surface area contributed by atoms with Gasteiger partial charge in [0, 0.05) is 15.4 Å². The molecule has 0 heterocycles. The molecule has 0 unspecified atom stereocenters. The van der Waals surface area contributed by atoms with Crippen LogP contribution in [0.1, 0.15) is 26.2 Å². The van der Waals surface area contributed by atoms with Crippen LogP contribution < -0.4 is 24.8 Å². The summed E-state index contributed by atoms with van der Waals surface area (Å²) in [6, 6.07) is 19.3. The molecule has 0 fully saturated rings. The van der Waals surface area contributed by atoms with Crippen LogP contribution in [0.3, 0.4) is 0 Å². The van der Waals surface area contributed by atoms with Crippen LogP contribution in [0.15, 0.2) is 54.6 Å². The van der Waals surface area contributed by atoms with Crippen LogP contribution in [-0.2, 0) is 30.6 Å². The molecule has 2 nitrogen and oxygen atoms in total. The summed E-state index contributed by atoms with van der Waals surface area (Å²) in [5.41, 5.74) is 6.44. The van der Waals surface area contributed by atoms with Gasteiger partial charge in [0.2, 0.25) is 0 Å². The normalized spacial score (nSPS) is 8.58. The molecule has 0 aliphatic rings. The van der Waals surface area contributed by atoms with E-state index in [0.29, 0.717) is 6.42 Å². The van der Waals surface area contributed by atoms with Gasteiger partial charge in [-0.2, -0.15) is 0 Å². The molecular formula is C20H25Cl2HfNOSi. The van der Waals surface area contributed by atoms with Crippen molar-refractivity contribution < 1.29 is 55.5 Å². The van der Waals surface area contributed by atoms with Crippen LogP contribution in [0.4, 0.5) is 0 Å². The van der Waals surface area contributed by atoms with E-state index in [1.807, 2.05) is 6.92 Å². The Hall–Kier alpha value is -0.553. The van der Waals surface area contributed by atoms with E-state index in [9.17, 15) is 4.79 Å². The first-order valence-corrected chi connectivity index (χ1v) is 10.00. The van der Waals surface area contributed by atoms with Crippen LogP contribution in [0.5, 0.6) is 0 Å². The molecule has 138 valence electrons. The zero-order valence-corrected chi connectivity index (χ0v) is 21.6. The van der Waals surface area contributed by atoms with E-state index in [0.717, 1.165) is 22.4 Å². The van der Waals surface area contributed by atoms with Crippen molar-refractivity contribution in [1.29, 1.82) is 0 Å².